The van der Waals surface area contributed by atoms with E-state index in [1.807, 2.05) is 44.2 Å². The number of amides is 2. The number of aromatic nitrogens is 2. The summed E-state index contributed by atoms with van der Waals surface area (Å²) in [5, 5.41) is 9.84. The number of hydrogen-bond donors (Lipinski definition) is 0. The number of halogens is 1. The van der Waals surface area contributed by atoms with E-state index < -0.39 is 22.8 Å². The number of carbonyl (C=O) groups excluding carboxylic acids is 2. The Kier molecular flexibility index (Phi) is 6.53. The monoisotopic (exact) mass is 626 g/mol. The number of nitrogens with zero attached hydrogens (tertiary/aromatic N) is 4. The van der Waals surface area contributed by atoms with E-state index in [2.05, 4.69) is 16.8 Å². The van der Waals surface area contributed by atoms with Gasteiger partial charge in [-0.25, -0.2) is 0 Å². The van der Waals surface area contributed by atoms with Gasteiger partial charge in [0.15, 0.2) is 15.3 Å². The Labute approximate surface area is 259 Å². The molecule has 8 nitrogen and oxygen atoms in total. The van der Waals surface area contributed by atoms with E-state index in [0.717, 1.165) is 16.7 Å². The van der Waals surface area contributed by atoms with E-state index in [-0.39, 0.29) is 28.6 Å². The van der Waals surface area contributed by atoms with Crippen molar-refractivity contribution in [2.24, 2.45) is 0 Å². The molecule has 0 radical (unpaired) electrons. The second-order valence-corrected chi connectivity index (χ2v) is 13.0. The summed E-state index contributed by atoms with van der Waals surface area (Å²) in [6.07, 6.45) is 1.61. The van der Waals surface area contributed by atoms with Crippen molar-refractivity contribution in [1.82, 2.24) is 10.2 Å². The van der Waals surface area contributed by atoms with Gasteiger partial charge in [0.05, 0.1) is 16.6 Å². The maximum Gasteiger partial charge on any atom is 0.297 e. The second-order valence-electron chi connectivity index (χ2n) is 10.4. The molecule has 0 fully saturated rings. The van der Waals surface area contributed by atoms with Gasteiger partial charge >= 0.3 is 0 Å². The SMILES string of the molecule is C=CCN1C(=O)C2(c3ccccc31)c1c(oc3cc(C)c(C)cc3c1=O)C(=O)N2c1nnc(SCc2cccc(Cl)c2)s1. The second kappa shape index (κ2) is 10.2. The molecule has 5 aromatic rings. The molecule has 2 aliphatic heterocycles. The number of para-hydroxylation sites is 1. The molecule has 2 aliphatic rings. The van der Waals surface area contributed by atoms with Crippen LogP contribution in [0.3, 0.4) is 0 Å². The lowest BCUT2D eigenvalue weighted by Gasteiger charge is -2.31. The van der Waals surface area contributed by atoms with Gasteiger partial charge in [-0.2, -0.15) is 0 Å². The number of benzene rings is 3. The lowest BCUT2D eigenvalue weighted by atomic mass is 9.84. The third-order valence-corrected chi connectivity index (χ3v) is 10.2. The lowest BCUT2D eigenvalue weighted by Crippen LogP contribution is -2.53. The highest BCUT2D eigenvalue weighted by molar-refractivity contribution is 8.00. The molecule has 11 heteroatoms. The van der Waals surface area contributed by atoms with E-state index in [4.69, 9.17) is 16.0 Å². The van der Waals surface area contributed by atoms with Gasteiger partial charge in [-0.15, -0.1) is 16.8 Å². The Bertz CT molecular complexity index is 2070. The van der Waals surface area contributed by atoms with Gasteiger partial charge in [0.1, 0.15) is 5.58 Å². The van der Waals surface area contributed by atoms with Crippen LogP contribution in [0.4, 0.5) is 10.8 Å². The average Bonchev–Trinajstić information content (AvgIpc) is 3.63. The van der Waals surface area contributed by atoms with E-state index in [1.165, 1.54) is 32.9 Å². The minimum Gasteiger partial charge on any atom is -0.450 e. The molecule has 7 rings (SSSR count). The molecule has 214 valence electrons. The van der Waals surface area contributed by atoms with Crippen LogP contribution >= 0.6 is 34.7 Å². The van der Waals surface area contributed by atoms with E-state index in [0.29, 0.717) is 31.8 Å². The highest BCUT2D eigenvalue weighted by atomic mass is 35.5. The smallest absolute Gasteiger partial charge is 0.297 e. The molecule has 0 bridgehead atoms. The number of anilines is 2. The largest absolute Gasteiger partial charge is 0.450 e. The van der Waals surface area contributed by atoms with Gasteiger partial charge in [0.2, 0.25) is 10.9 Å². The van der Waals surface area contributed by atoms with Crippen LogP contribution in [0, 0.1) is 13.8 Å². The first kappa shape index (κ1) is 27.6. The molecule has 0 saturated carbocycles. The number of fused-ring (bicyclic) bond motifs is 5. The molecule has 2 aromatic heterocycles. The van der Waals surface area contributed by atoms with Crippen LogP contribution in [0.25, 0.3) is 11.0 Å². The van der Waals surface area contributed by atoms with E-state index >= 15 is 0 Å². The van der Waals surface area contributed by atoms with E-state index in [1.54, 1.807) is 36.4 Å². The fourth-order valence-electron chi connectivity index (χ4n) is 5.85. The third kappa shape index (κ3) is 4.01. The summed E-state index contributed by atoms with van der Waals surface area (Å²) in [5.74, 6) is -0.682. The number of hydrogen-bond acceptors (Lipinski definition) is 8. The molecule has 1 unspecified atom stereocenters. The van der Waals surface area contributed by atoms with Gasteiger partial charge in [0.25, 0.3) is 11.8 Å². The Morgan fingerprint density at radius 1 is 1.05 bits per heavy atom. The predicted molar refractivity (Wildman–Crippen MR) is 169 cm³/mol. The average molecular weight is 627 g/mol. The molecule has 3 aromatic carbocycles. The Balaban J connectivity index is 1.45. The first-order chi connectivity index (χ1) is 20.7. The summed E-state index contributed by atoms with van der Waals surface area (Å²) in [5.41, 5.74) is 1.90. The van der Waals surface area contributed by atoms with Gasteiger partial charge in [-0.3, -0.25) is 19.3 Å². The van der Waals surface area contributed by atoms with Gasteiger partial charge in [-0.1, -0.05) is 71.1 Å². The molecule has 0 saturated heterocycles. The van der Waals surface area contributed by atoms with Crippen molar-refractivity contribution in [3.05, 3.63) is 122 Å². The molecule has 0 N–H and O–H groups in total. The molecular formula is C32H23ClN4O4S2. The van der Waals surface area contributed by atoms with Crippen LogP contribution in [-0.4, -0.2) is 28.6 Å². The van der Waals surface area contributed by atoms with Crippen molar-refractivity contribution in [3.63, 3.8) is 0 Å². The summed E-state index contributed by atoms with van der Waals surface area (Å²) in [7, 11) is 0. The molecular weight excluding hydrogens is 604 g/mol. The molecule has 43 heavy (non-hydrogen) atoms. The highest BCUT2D eigenvalue weighted by Crippen LogP contribution is 2.54. The maximum absolute atomic E-state index is 14.7. The van der Waals surface area contributed by atoms with E-state index in [9.17, 15) is 14.4 Å². The Hall–Kier alpha value is -4.25. The van der Waals surface area contributed by atoms with Gasteiger partial charge in [0, 0.05) is 22.9 Å². The van der Waals surface area contributed by atoms with Crippen molar-refractivity contribution in [2.75, 3.05) is 16.3 Å². The van der Waals surface area contributed by atoms with Crippen LogP contribution in [0.5, 0.6) is 0 Å². The Morgan fingerprint density at radius 3 is 2.63 bits per heavy atom. The first-order valence-electron chi connectivity index (χ1n) is 13.4. The van der Waals surface area contributed by atoms with Crippen LogP contribution in [0.1, 0.15) is 38.4 Å². The summed E-state index contributed by atoms with van der Waals surface area (Å²) < 4.78 is 6.80. The molecule has 1 atom stereocenters. The fourth-order valence-corrected chi connectivity index (χ4v) is 7.90. The first-order valence-corrected chi connectivity index (χ1v) is 15.6. The maximum atomic E-state index is 14.7. The number of thioether (sulfide) groups is 1. The molecule has 1 spiro atoms. The number of carbonyl (C=O) groups is 2. The quantitative estimate of drug-likeness (QED) is 0.118. The summed E-state index contributed by atoms with van der Waals surface area (Å²) in [6, 6.07) is 18.2. The van der Waals surface area contributed by atoms with Gasteiger partial charge in [-0.05, 0) is 60.9 Å². The zero-order valence-corrected chi connectivity index (χ0v) is 25.5. The minimum atomic E-state index is -1.83. The van der Waals surface area contributed by atoms with Crippen molar-refractivity contribution in [3.8, 4) is 0 Å². The number of rotatable bonds is 6. The standard InChI is InChI=1S/C32H23ClN4O4S2/c1-4-12-36-23-11-6-5-10-22(23)32(29(36)40)25-26(38)21-13-17(2)18(3)14-24(21)41-27(25)28(39)37(32)30-34-35-31(43-30)42-16-19-8-7-9-20(33)15-19/h4-11,13-15H,1,12,16H2,2-3H3. The van der Waals surface area contributed by atoms with Gasteiger partial charge < -0.3 is 9.32 Å². The number of aryl methyl sites for hydroxylation is 2. The van der Waals surface area contributed by atoms with Crippen LogP contribution in [-0.2, 0) is 16.1 Å². The molecule has 0 aliphatic carbocycles. The van der Waals surface area contributed by atoms with Crippen molar-refractivity contribution >= 4 is 68.3 Å². The normalized spacial score (nSPS) is 17.3. The minimum absolute atomic E-state index is 0.0133. The molecule has 2 amide bonds. The zero-order valence-electron chi connectivity index (χ0n) is 23.1. The topological polar surface area (TPSA) is 96.6 Å². The van der Waals surface area contributed by atoms with Crippen molar-refractivity contribution in [1.29, 1.82) is 0 Å². The zero-order chi connectivity index (χ0) is 30.0. The lowest BCUT2D eigenvalue weighted by molar-refractivity contribution is -0.121. The van der Waals surface area contributed by atoms with Crippen LogP contribution in [0.2, 0.25) is 5.02 Å². The van der Waals surface area contributed by atoms with Crippen molar-refractivity contribution in [2.45, 2.75) is 29.5 Å². The summed E-state index contributed by atoms with van der Waals surface area (Å²) in [6.45, 7) is 7.82. The predicted octanol–water partition coefficient (Wildman–Crippen LogP) is 6.64. The summed E-state index contributed by atoms with van der Waals surface area (Å²) >= 11 is 8.76. The third-order valence-electron chi connectivity index (χ3n) is 7.89. The summed E-state index contributed by atoms with van der Waals surface area (Å²) in [4.78, 5) is 46.3. The highest BCUT2D eigenvalue weighted by Gasteiger charge is 2.66. The molecule has 4 heterocycles. The van der Waals surface area contributed by atoms with Crippen LogP contribution in [0.15, 0.2) is 86.9 Å². The Morgan fingerprint density at radius 2 is 1.84 bits per heavy atom. The fraction of sp³-hybridized carbons (Fsp3) is 0.156. The van der Waals surface area contributed by atoms with Crippen molar-refractivity contribution < 1.29 is 14.0 Å². The van der Waals surface area contributed by atoms with Crippen LogP contribution < -0.4 is 15.2 Å².